The van der Waals surface area contributed by atoms with Crippen molar-refractivity contribution >= 4 is 17.3 Å². The molecule has 0 aliphatic carbocycles. The maximum Gasteiger partial charge on any atom is 0.176 e. The first-order chi connectivity index (χ1) is 6.55. The molecule has 0 aromatic carbocycles. The molecule has 0 saturated heterocycles. The van der Waals surface area contributed by atoms with Crippen LogP contribution in [0.3, 0.4) is 0 Å². The summed E-state index contributed by atoms with van der Waals surface area (Å²) in [6.07, 6.45) is 2.69. The molecule has 4 nitrogen and oxygen atoms in total. The normalized spacial score (nSPS) is 11.6. The standard InChI is InChI=1S/C9H14N2O2S/c1-9(2,13-3)5-4-7(12)8-6-10-11-14-8/h6H,4-5H2,1-3H3. The van der Waals surface area contributed by atoms with Crippen LogP contribution in [0.25, 0.3) is 0 Å². The molecule has 0 bridgehead atoms. The number of nitrogens with zero attached hydrogens (tertiary/aromatic N) is 2. The Morgan fingerprint density at radius 3 is 2.86 bits per heavy atom. The maximum absolute atomic E-state index is 11.5. The number of hydrogen-bond donors (Lipinski definition) is 0. The Morgan fingerprint density at radius 2 is 2.36 bits per heavy atom. The van der Waals surface area contributed by atoms with Crippen LogP contribution in [0.4, 0.5) is 0 Å². The number of rotatable bonds is 5. The average molecular weight is 214 g/mol. The Hall–Kier alpha value is -0.810. The highest BCUT2D eigenvalue weighted by molar-refractivity contribution is 7.07. The van der Waals surface area contributed by atoms with Gasteiger partial charge < -0.3 is 4.74 Å². The van der Waals surface area contributed by atoms with E-state index in [4.69, 9.17) is 4.74 Å². The molecule has 0 fully saturated rings. The van der Waals surface area contributed by atoms with E-state index in [2.05, 4.69) is 9.59 Å². The van der Waals surface area contributed by atoms with Gasteiger partial charge in [-0.15, -0.1) is 5.10 Å². The summed E-state index contributed by atoms with van der Waals surface area (Å²) in [4.78, 5) is 12.2. The van der Waals surface area contributed by atoms with Crippen LogP contribution in [0.5, 0.6) is 0 Å². The van der Waals surface area contributed by atoms with Crippen LogP contribution in [0.2, 0.25) is 0 Å². The second kappa shape index (κ2) is 4.61. The van der Waals surface area contributed by atoms with E-state index in [0.29, 0.717) is 17.7 Å². The van der Waals surface area contributed by atoms with Crippen molar-refractivity contribution in [2.45, 2.75) is 32.3 Å². The number of Topliss-reactive ketones (excluding diaryl/α,β-unsaturated/α-hetero) is 1. The monoisotopic (exact) mass is 214 g/mol. The molecule has 0 amide bonds. The number of hydrogen-bond acceptors (Lipinski definition) is 5. The predicted molar refractivity (Wildman–Crippen MR) is 54.6 cm³/mol. The van der Waals surface area contributed by atoms with E-state index < -0.39 is 0 Å². The maximum atomic E-state index is 11.5. The number of aromatic nitrogens is 2. The largest absolute Gasteiger partial charge is 0.379 e. The minimum Gasteiger partial charge on any atom is -0.379 e. The number of ether oxygens (including phenoxy) is 1. The summed E-state index contributed by atoms with van der Waals surface area (Å²) in [7, 11) is 1.65. The van der Waals surface area contributed by atoms with E-state index in [1.54, 1.807) is 7.11 Å². The van der Waals surface area contributed by atoms with Gasteiger partial charge in [0.2, 0.25) is 0 Å². The first-order valence-corrected chi connectivity index (χ1v) is 5.18. The lowest BCUT2D eigenvalue weighted by molar-refractivity contribution is 0.0142. The van der Waals surface area contributed by atoms with Crippen molar-refractivity contribution in [1.29, 1.82) is 0 Å². The average Bonchev–Trinajstić information content (AvgIpc) is 2.67. The van der Waals surface area contributed by atoms with Gasteiger partial charge >= 0.3 is 0 Å². The van der Waals surface area contributed by atoms with Crippen molar-refractivity contribution in [3.05, 3.63) is 11.1 Å². The van der Waals surface area contributed by atoms with Crippen LogP contribution in [0, 0.1) is 0 Å². The summed E-state index contributed by atoms with van der Waals surface area (Å²) < 4.78 is 8.87. The molecule has 14 heavy (non-hydrogen) atoms. The summed E-state index contributed by atoms with van der Waals surface area (Å²) in [6.45, 7) is 3.93. The number of carbonyl (C=O) groups is 1. The van der Waals surface area contributed by atoms with Gasteiger partial charge in [-0.25, -0.2) is 0 Å². The van der Waals surface area contributed by atoms with E-state index in [1.165, 1.54) is 6.20 Å². The lowest BCUT2D eigenvalue weighted by Crippen LogP contribution is -2.23. The first kappa shape index (κ1) is 11.3. The van der Waals surface area contributed by atoms with Crippen molar-refractivity contribution in [2.75, 3.05) is 7.11 Å². The summed E-state index contributed by atoms with van der Waals surface area (Å²) in [5.41, 5.74) is -0.242. The predicted octanol–water partition coefficient (Wildman–Crippen LogP) is 1.93. The van der Waals surface area contributed by atoms with E-state index in [0.717, 1.165) is 11.5 Å². The third kappa shape index (κ3) is 3.16. The zero-order valence-electron chi connectivity index (χ0n) is 8.61. The van der Waals surface area contributed by atoms with Crippen LogP contribution in [-0.4, -0.2) is 28.1 Å². The van der Waals surface area contributed by atoms with Gasteiger partial charge in [0.05, 0.1) is 11.8 Å². The lowest BCUT2D eigenvalue weighted by Gasteiger charge is -2.21. The highest BCUT2D eigenvalue weighted by atomic mass is 32.1. The van der Waals surface area contributed by atoms with Gasteiger partial charge in [0.15, 0.2) is 5.78 Å². The lowest BCUT2D eigenvalue weighted by atomic mass is 10.0. The first-order valence-electron chi connectivity index (χ1n) is 4.41. The Morgan fingerprint density at radius 1 is 1.64 bits per heavy atom. The molecule has 0 N–H and O–H groups in total. The van der Waals surface area contributed by atoms with Crippen molar-refractivity contribution < 1.29 is 9.53 Å². The van der Waals surface area contributed by atoms with Gasteiger partial charge in [0, 0.05) is 13.5 Å². The van der Waals surface area contributed by atoms with E-state index in [1.807, 2.05) is 13.8 Å². The van der Waals surface area contributed by atoms with Crippen molar-refractivity contribution in [3.63, 3.8) is 0 Å². The smallest absolute Gasteiger partial charge is 0.176 e. The van der Waals surface area contributed by atoms with Crippen molar-refractivity contribution in [2.24, 2.45) is 0 Å². The second-order valence-corrected chi connectivity index (χ2v) is 4.45. The molecule has 0 saturated carbocycles. The molecule has 1 heterocycles. The summed E-state index contributed by atoms with van der Waals surface area (Å²) in [5.74, 6) is 0.0881. The van der Waals surface area contributed by atoms with Crippen LogP contribution in [0.1, 0.15) is 36.4 Å². The topological polar surface area (TPSA) is 52.1 Å². The van der Waals surface area contributed by atoms with Crippen LogP contribution in [0.15, 0.2) is 6.20 Å². The van der Waals surface area contributed by atoms with Gasteiger partial charge in [-0.3, -0.25) is 4.79 Å². The number of carbonyl (C=O) groups excluding carboxylic acids is 1. The van der Waals surface area contributed by atoms with Crippen LogP contribution < -0.4 is 0 Å². The molecule has 1 aromatic rings. The highest BCUT2D eigenvalue weighted by Gasteiger charge is 2.19. The molecule has 0 aliphatic rings. The zero-order valence-corrected chi connectivity index (χ0v) is 9.43. The fourth-order valence-corrected chi connectivity index (χ4v) is 1.41. The molecule has 0 unspecified atom stereocenters. The molecular weight excluding hydrogens is 200 g/mol. The number of ketones is 1. The molecule has 0 aliphatic heterocycles. The molecule has 78 valence electrons. The molecule has 0 radical (unpaired) electrons. The van der Waals surface area contributed by atoms with Crippen molar-refractivity contribution in [1.82, 2.24) is 9.59 Å². The summed E-state index contributed by atoms with van der Waals surface area (Å²) in [6, 6.07) is 0. The Kier molecular flexibility index (Phi) is 3.71. The molecule has 1 aromatic heterocycles. The van der Waals surface area contributed by atoms with Gasteiger partial charge in [0.1, 0.15) is 4.88 Å². The van der Waals surface area contributed by atoms with Gasteiger partial charge in [0.25, 0.3) is 0 Å². The molecule has 0 spiro atoms. The third-order valence-electron chi connectivity index (χ3n) is 2.14. The highest BCUT2D eigenvalue weighted by Crippen LogP contribution is 2.18. The van der Waals surface area contributed by atoms with E-state index in [9.17, 15) is 4.79 Å². The van der Waals surface area contributed by atoms with Gasteiger partial charge in [-0.05, 0) is 31.8 Å². The van der Waals surface area contributed by atoms with E-state index >= 15 is 0 Å². The number of methoxy groups -OCH3 is 1. The Balaban J connectivity index is 2.43. The fourth-order valence-electron chi connectivity index (χ4n) is 0.930. The van der Waals surface area contributed by atoms with E-state index in [-0.39, 0.29) is 11.4 Å². The molecule has 1 rings (SSSR count). The minimum absolute atomic E-state index is 0.0881. The Bertz CT molecular complexity index is 296. The minimum atomic E-state index is -0.242. The van der Waals surface area contributed by atoms with Crippen LogP contribution in [-0.2, 0) is 4.74 Å². The van der Waals surface area contributed by atoms with Gasteiger partial charge in [-0.1, -0.05) is 4.49 Å². The fraction of sp³-hybridized carbons (Fsp3) is 0.667. The van der Waals surface area contributed by atoms with Crippen LogP contribution >= 0.6 is 11.5 Å². The molecule has 0 atom stereocenters. The second-order valence-electron chi connectivity index (χ2n) is 3.67. The SMILES string of the molecule is COC(C)(C)CCC(=O)c1cnns1. The summed E-state index contributed by atoms with van der Waals surface area (Å²) >= 11 is 1.14. The summed E-state index contributed by atoms with van der Waals surface area (Å²) in [5, 5.41) is 3.62. The Labute approximate surface area is 87.5 Å². The van der Waals surface area contributed by atoms with Crippen molar-refractivity contribution in [3.8, 4) is 0 Å². The molecular formula is C9H14N2O2S. The molecule has 5 heteroatoms. The third-order valence-corrected chi connectivity index (χ3v) is 2.85. The quantitative estimate of drug-likeness (QED) is 0.703. The zero-order chi connectivity index (χ0) is 10.6. The van der Waals surface area contributed by atoms with Gasteiger partial charge in [-0.2, -0.15) is 0 Å².